The zero-order chi connectivity index (χ0) is 24.9. The Morgan fingerprint density at radius 1 is 1.00 bits per heavy atom. The van der Waals surface area contributed by atoms with Crippen molar-refractivity contribution >= 4 is 45.7 Å². The lowest BCUT2D eigenvalue weighted by molar-refractivity contribution is -0.275. The van der Waals surface area contributed by atoms with Gasteiger partial charge in [-0.2, -0.15) is 13.2 Å². The van der Waals surface area contributed by atoms with Crippen LogP contribution >= 0.6 is 23.2 Å². The maximum absolute atomic E-state index is 14.3. The summed E-state index contributed by atoms with van der Waals surface area (Å²) in [5.74, 6) is -0.530. The van der Waals surface area contributed by atoms with Crippen LogP contribution in [0.2, 0.25) is 10.0 Å². The number of oxime groups is 1. The van der Waals surface area contributed by atoms with Gasteiger partial charge in [0.25, 0.3) is 5.60 Å². The molecule has 34 heavy (non-hydrogen) atoms. The van der Waals surface area contributed by atoms with Gasteiger partial charge in [0.1, 0.15) is 5.60 Å². The number of fused-ring (bicyclic) bond motifs is 1. The van der Waals surface area contributed by atoms with Gasteiger partial charge in [-0.25, -0.2) is 4.79 Å². The fourth-order valence-corrected chi connectivity index (χ4v) is 4.43. The Labute approximate surface area is 204 Å². The van der Waals surface area contributed by atoms with E-state index in [2.05, 4.69) is 5.16 Å². The van der Waals surface area contributed by atoms with Crippen molar-refractivity contribution in [1.29, 1.82) is 0 Å². The summed E-state index contributed by atoms with van der Waals surface area (Å²) in [4.78, 5) is 17.9. The molecular weight excluding hydrogens is 490 g/mol. The molecule has 4 nitrogen and oxygen atoms in total. The molecular formula is C25H20Cl2F3NO3. The summed E-state index contributed by atoms with van der Waals surface area (Å²) in [6.45, 7) is 5.26. The van der Waals surface area contributed by atoms with E-state index in [9.17, 15) is 18.0 Å². The Morgan fingerprint density at radius 3 is 2.24 bits per heavy atom. The third-order valence-corrected chi connectivity index (χ3v) is 5.80. The molecule has 178 valence electrons. The van der Waals surface area contributed by atoms with Crippen LogP contribution in [0, 0.1) is 0 Å². The molecule has 0 saturated carbocycles. The molecule has 4 rings (SSSR count). The number of carbonyl (C=O) groups excluding carboxylic acids is 1. The van der Waals surface area contributed by atoms with Gasteiger partial charge in [0, 0.05) is 27.6 Å². The second-order valence-electron chi connectivity index (χ2n) is 9.00. The molecule has 9 heteroatoms. The van der Waals surface area contributed by atoms with Crippen molar-refractivity contribution in [1.82, 2.24) is 0 Å². The number of ether oxygens (including phenoxy) is 1. The van der Waals surface area contributed by atoms with Crippen molar-refractivity contribution < 1.29 is 27.5 Å². The highest BCUT2D eigenvalue weighted by atomic mass is 35.5. The van der Waals surface area contributed by atoms with Crippen molar-refractivity contribution in [3.8, 4) is 0 Å². The fourth-order valence-electron chi connectivity index (χ4n) is 3.91. The number of hydrogen-bond donors (Lipinski definition) is 0. The molecule has 1 unspecified atom stereocenters. The van der Waals surface area contributed by atoms with E-state index < -0.39 is 29.8 Å². The molecule has 0 radical (unpaired) electrons. The van der Waals surface area contributed by atoms with Crippen LogP contribution in [-0.4, -0.2) is 23.5 Å². The predicted octanol–water partition coefficient (Wildman–Crippen LogP) is 7.68. The minimum atomic E-state index is -4.81. The highest BCUT2D eigenvalue weighted by Gasteiger charge is 2.62. The van der Waals surface area contributed by atoms with Crippen LogP contribution in [0.1, 0.15) is 48.7 Å². The van der Waals surface area contributed by atoms with Gasteiger partial charge in [0.15, 0.2) is 0 Å². The van der Waals surface area contributed by atoms with E-state index in [1.807, 2.05) is 0 Å². The van der Waals surface area contributed by atoms with Gasteiger partial charge in [-0.15, -0.1) is 0 Å². The Balaban J connectivity index is 1.79. The number of esters is 1. The average Bonchev–Trinajstić information content (AvgIpc) is 3.17. The monoisotopic (exact) mass is 509 g/mol. The number of benzene rings is 3. The third kappa shape index (κ3) is 4.46. The summed E-state index contributed by atoms with van der Waals surface area (Å²) >= 11 is 12.0. The molecule has 0 fully saturated rings. The number of rotatable bonds is 3. The Hall–Kier alpha value is -2.77. The SMILES string of the molecule is CC(C)(C)OC(=O)c1cccc2c(C3=NOC(c4cc(Cl)cc(Cl)c4)(C(F)(F)F)C3)cccc12. The molecule has 0 spiro atoms. The summed E-state index contributed by atoms with van der Waals surface area (Å²) in [7, 11) is 0. The highest BCUT2D eigenvalue weighted by molar-refractivity contribution is 6.34. The lowest BCUT2D eigenvalue weighted by Gasteiger charge is -2.29. The van der Waals surface area contributed by atoms with E-state index in [0.717, 1.165) is 0 Å². The molecule has 3 aromatic carbocycles. The van der Waals surface area contributed by atoms with E-state index >= 15 is 0 Å². The first kappa shape index (κ1) is 24.4. The molecule has 3 aromatic rings. The smallest absolute Gasteiger partial charge is 0.435 e. The van der Waals surface area contributed by atoms with Gasteiger partial charge in [-0.05, 0) is 55.8 Å². The maximum Gasteiger partial charge on any atom is 0.435 e. The summed E-state index contributed by atoms with van der Waals surface area (Å²) in [6, 6.07) is 13.7. The van der Waals surface area contributed by atoms with Crippen LogP contribution in [0.3, 0.4) is 0 Å². The zero-order valence-electron chi connectivity index (χ0n) is 18.5. The second-order valence-corrected chi connectivity index (χ2v) is 9.87. The summed E-state index contributed by atoms with van der Waals surface area (Å²) in [6.07, 6.45) is -5.40. The van der Waals surface area contributed by atoms with Crippen molar-refractivity contribution in [2.75, 3.05) is 0 Å². The maximum atomic E-state index is 14.3. The number of carbonyl (C=O) groups is 1. The summed E-state index contributed by atoms with van der Waals surface area (Å²) in [5.41, 5.74) is -2.89. The molecule has 0 N–H and O–H groups in total. The van der Waals surface area contributed by atoms with E-state index in [1.54, 1.807) is 57.2 Å². The highest BCUT2D eigenvalue weighted by Crippen LogP contribution is 2.50. The summed E-state index contributed by atoms with van der Waals surface area (Å²) in [5, 5.41) is 5.03. The molecule has 0 bridgehead atoms. The molecule has 1 atom stereocenters. The van der Waals surface area contributed by atoms with Gasteiger partial charge in [0.05, 0.1) is 11.3 Å². The summed E-state index contributed by atoms with van der Waals surface area (Å²) < 4.78 is 48.5. The number of alkyl halides is 3. The van der Waals surface area contributed by atoms with Crippen molar-refractivity contribution in [2.24, 2.45) is 5.16 Å². The molecule has 0 aliphatic carbocycles. The number of nitrogens with zero attached hydrogens (tertiary/aromatic N) is 1. The van der Waals surface area contributed by atoms with Gasteiger partial charge in [-0.1, -0.05) is 58.7 Å². The molecule has 0 aromatic heterocycles. The standard InChI is InChI=1S/C25H20Cl2F3NO3/c1-23(2,3)33-22(32)20-9-5-6-17-18(20)7-4-8-19(17)21-13-24(34-31-21,25(28,29)30)14-10-15(26)12-16(27)11-14/h4-12H,13H2,1-3H3. The molecule has 1 aliphatic heterocycles. The van der Waals surface area contributed by atoms with Crippen LogP contribution in [-0.2, 0) is 15.2 Å². The van der Waals surface area contributed by atoms with Gasteiger partial charge in [0.2, 0.25) is 0 Å². The van der Waals surface area contributed by atoms with Gasteiger partial charge >= 0.3 is 12.1 Å². The second kappa shape index (κ2) is 8.47. The van der Waals surface area contributed by atoms with E-state index in [-0.39, 0.29) is 21.3 Å². The van der Waals surface area contributed by atoms with E-state index in [0.29, 0.717) is 21.9 Å². The van der Waals surface area contributed by atoms with Crippen molar-refractivity contribution in [3.05, 3.63) is 81.3 Å². The first-order valence-electron chi connectivity index (χ1n) is 10.3. The van der Waals surface area contributed by atoms with Gasteiger partial charge < -0.3 is 9.57 Å². The molecule has 0 amide bonds. The van der Waals surface area contributed by atoms with Crippen LogP contribution in [0.5, 0.6) is 0 Å². The lowest BCUT2D eigenvalue weighted by Crippen LogP contribution is -2.42. The topological polar surface area (TPSA) is 47.9 Å². The molecule has 1 heterocycles. The third-order valence-electron chi connectivity index (χ3n) is 5.37. The molecule has 1 aliphatic rings. The first-order chi connectivity index (χ1) is 15.8. The van der Waals surface area contributed by atoms with Crippen molar-refractivity contribution in [2.45, 2.75) is 44.6 Å². The quantitative estimate of drug-likeness (QED) is 0.340. The van der Waals surface area contributed by atoms with Crippen LogP contribution in [0.15, 0.2) is 59.8 Å². The van der Waals surface area contributed by atoms with Gasteiger partial charge in [-0.3, -0.25) is 0 Å². The van der Waals surface area contributed by atoms with E-state index in [4.69, 9.17) is 32.8 Å². The average molecular weight is 510 g/mol. The Morgan fingerprint density at radius 2 is 1.62 bits per heavy atom. The van der Waals surface area contributed by atoms with Crippen LogP contribution < -0.4 is 0 Å². The largest absolute Gasteiger partial charge is 0.456 e. The van der Waals surface area contributed by atoms with Crippen LogP contribution in [0.4, 0.5) is 13.2 Å². The minimum Gasteiger partial charge on any atom is -0.456 e. The fraction of sp³-hybridized carbons (Fsp3) is 0.280. The Kier molecular flexibility index (Phi) is 6.07. The Bertz CT molecular complexity index is 1290. The number of hydrogen-bond acceptors (Lipinski definition) is 4. The normalized spacial score (nSPS) is 18.5. The van der Waals surface area contributed by atoms with Crippen molar-refractivity contribution in [3.63, 3.8) is 0 Å². The predicted molar refractivity (Wildman–Crippen MR) is 126 cm³/mol. The zero-order valence-corrected chi connectivity index (χ0v) is 20.0. The molecule has 0 saturated heterocycles. The minimum absolute atomic E-state index is 0.0512. The van der Waals surface area contributed by atoms with Crippen LogP contribution in [0.25, 0.3) is 10.8 Å². The lowest BCUT2D eigenvalue weighted by atomic mass is 9.85. The first-order valence-corrected chi connectivity index (χ1v) is 11.1. The van der Waals surface area contributed by atoms with E-state index in [1.165, 1.54) is 18.2 Å². The number of halogens is 5.